The molecule has 0 aliphatic rings. The molecule has 0 aliphatic carbocycles. The lowest BCUT2D eigenvalue weighted by Crippen LogP contribution is -2.32. The van der Waals surface area contributed by atoms with E-state index >= 15 is 0 Å². The zero-order valence-corrected chi connectivity index (χ0v) is 11.8. The first-order chi connectivity index (χ1) is 9.81. The summed E-state index contributed by atoms with van der Waals surface area (Å²) >= 11 is 6.03. The molecule has 0 saturated heterocycles. The second-order valence-corrected chi connectivity index (χ2v) is 5.19. The molecule has 98 valence electrons. The van der Waals surface area contributed by atoms with Gasteiger partial charge in [0.25, 0.3) is 0 Å². The maximum atomic E-state index is 6.03. The summed E-state index contributed by atoms with van der Waals surface area (Å²) in [6, 6.07) is 22.6. The van der Waals surface area contributed by atoms with E-state index in [-0.39, 0.29) is 0 Å². The van der Waals surface area contributed by atoms with E-state index in [1.807, 2.05) is 24.3 Å². The number of pyridine rings is 1. The topological polar surface area (TPSA) is 3.88 Å². The zero-order valence-electron chi connectivity index (χ0n) is 11.0. The van der Waals surface area contributed by atoms with E-state index in [1.165, 1.54) is 11.1 Å². The number of halogens is 1. The predicted octanol–water partition coefficient (Wildman–Crippen LogP) is 4.34. The van der Waals surface area contributed by atoms with Gasteiger partial charge in [-0.2, -0.15) is 0 Å². The summed E-state index contributed by atoms with van der Waals surface area (Å²) in [6.45, 7) is 0.886. The van der Waals surface area contributed by atoms with Gasteiger partial charge >= 0.3 is 0 Å². The van der Waals surface area contributed by atoms with Crippen LogP contribution in [0.25, 0.3) is 11.1 Å². The number of hydrogen-bond acceptors (Lipinski definition) is 0. The minimum atomic E-state index is 0.767. The highest BCUT2D eigenvalue weighted by atomic mass is 35.5. The summed E-state index contributed by atoms with van der Waals surface area (Å²) in [5, 5.41) is 0.767. The molecule has 0 atom stereocenters. The first kappa shape index (κ1) is 12.9. The molecule has 0 N–H and O–H groups in total. The summed E-state index contributed by atoms with van der Waals surface area (Å²) < 4.78 is 2.17. The number of aromatic nitrogens is 1. The molecule has 0 saturated carbocycles. The van der Waals surface area contributed by atoms with Crippen molar-refractivity contribution in [1.82, 2.24) is 0 Å². The van der Waals surface area contributed by atoms with Gasteiger partial charge in [-0.1, -0.05) is 54.1 Å². The van der Waals surface area contributed by atoms with Crippen LogP contribution in [0, 0.1) is 0 Å². The molecule has 0 aliphatic heterocycles. The van der Waals surface area contributed by atoms with Crippen molar-refractivity contribution in [1.29, 1.82) is 0 Å². The van der Waals surface area contributed by atoms with Crippen molar-refractivity contribution < 1.29 is 4.57 Å². The van der Waals surface area contributed by atoms with Gasteiger partial charge in [-0.3, -0.25) is 0 Å². The summed E-state index contributed by atoms with van der Waals surface area (Å²) in [5.41, 5.74) is 3.62. The molecule has 0 fully saturated rings. The Morgan fingerprint density at radius 2 is 1.50 bits per heavy atom. The Bertz CT molecular complexity index is 690. The van der Waals surface area contributed by atoms with E-state index in [1.54, 1.807) is 0 Å². The molecule has 0 bridgehead atoms. The van der Waals surface area contributed by atoms with Gasteiger partial charge in [-0.15, -0.1) is 0 Å². The predicted molar refractivity (Wildman–Crippen MR) is 82.6 cm³/mol. The van der Waals surface area contributed by atoms with Crippen molar-refractivity contribution in [2.24, 2.45) is 0 Å². The molecule has 3 aromatic rings. The number of hydrogen-bond donors (Lipinski definition) is 0. The van der Waals surface area contributed by atoms with E-state index in [2.05, 4.69) is 59.4 Å². The van der Waals surface area contributed by atoms with Crippen LogP contribution < -0.4 is 4.57 Å². The lowest BCUT2D eigenvalue weighted by Gasteiger charge is -2.02. The minimum absolute atomic E-state index is 0.767. The maximum Gasteiger partial charge on any atom is 0.173 e. The van der Waals surface area contributed by atoms with Crippen LogP contribution in [0.2, 0.25) is 5.02 Å². The summed E-state index contributed by atoms with van der Waals surface area (Å²) in [6.07, 6.45) is 4.20. The standard InChI is InChI=1S/C18H15ClN/c19-18-8-4-7-17(13-18)16-9-11-20(12-10-16)14-15-5-2-1-3-6-15/h1-13H,14H2/q+1. The molecular formula is C18H15ClN+. The van der Waals surface area contributed by atoms with Crippen molar-refractivity contribution in [2.45, 2.75) is 6.54 Å². The van der Waals surface area contributed by atoms with E-state index in [0.717, 1.165) is 17.1 Å². The van der Waals surface area contributed by atoms with Crippen LogP contribution in [-0.2, 0) is 6.54 Å². The molecule has 0 radical (unpaired) electrons. The van der Waals surface area contributed by atoms with Gasteiger partial charge in [-0.05, 0) is 23.3 Å². The largest absolute Gasteiger partial charge is 0.201 e. The van der Waals surface area contributed by atoms with Gasteiger partial charge in [-0.25, -0.2) is 4.57 Å². The Balaban J connectivity index is 1.81. The highest BCUT2D eigenvalue weighted by molar-refractivity contribution is 6.30. The van der Waals surface area contributed by atoms with Crippen molar-refractivity contribution in [3.8, 4) is 11.1 Å². The van der Waals surface area contributed by atoms with Crippen LogP contribution >= 0.6 is 11.6 Å². The molecule has 0 spiro atoms. The van der Waals surface area contributed by atoms with Gasteiger partial charge in [0.05, 0.1) is 0 Å². The van der Waals surface area contributed by atoms with Crippen LogP contribution in [0.3, 0.4) is 0 Å². The van der Waals surface area contributed by atoms with Gasteiger partial charge in [0.2, 0.25) is 0 Å². The molecule has 0 amide bonds. The third-order valence-corrected chi connectivity index (χ3v) is 3.49. The molecule has 1 nitrogen and oxygen atoms in total. The normalized spacial score (nSPS) is 10.4. The highest BCUT2D eigenvalue weighted by Crippen LogP contribution is 2.21. The van der Waals surface area contributed by atoms with Gasteiger partial charge in [0.1, 0.15) is 0 Å². The zero-order chi connectivity index (χ0) is 13.8. The molecular weight excluding hydrogens is 266 g/mol. The molecule has 3 rings (SSSR count). The Kier molecular flexibility index (Phi) is 3.80. The Labute approximate surface area is 124 Å². The fraction of sp³-hybridized carbons (Fsp3) is 0.0556. The third kappa shape index (κ3) is 3.06. The van der Waals surface area contributed by atoms with Crippen LogP contribution in [0.4, 0.5) is 0 Å². The summed E-state index contributed by atoms with van der Waals surface area (Å²) in [7, 11) is 0. The van der Waals surface area contributed by atoms with Crippen molar-refractivity contribution >= 4 is 11.6 Å². The SMILES string of the molecule is Clc1cccc(-c2cc[n+](Cc3ccccc3)cc2)c1. The quantitative estimate of drug-likeness (QED) is 0.628. The van der Waals surface area contributed by atoms with E-state index in [0.29, 0.717) is 0 Å². The molecule has 2 aromatic carbocycles. The lowest BCUT2D eigenvalue weighted by molar-refractivity contribution is -0.688. The van der Waals surface area contributed by atoms with Crippen LogP contribution in [0.15, 0.2) is 79.1 Å². The van der Waals surface area contributed by atoms with E-state index in [4.69, 9.17) is 11.6 Å². The number of nitrogens with zero attached hydrogens (tertiary/aromatic N) is 1. The maximum absolute atomic E-state index is 6.03. The lowest BCUT2D eigenvalue weighted by atomic mass is 10.1. The second-order valence-electron chi connectivity index (χ2n) is 4.76. The first-order valence-corrected chi connectivity index (χ1v) is 6.98. The molecule has 1 aromatic heterocycles. The average Bonchev–Trinajstić information content (AvgIpc) is 2.49. The molecule has 1 heterocycles. The fourth-order valence-corrected chi connectivity index (χ4v) is 2.41. The fourth-order valence-electron chi connectivity index (χ4n) is 2.22. The number of rotatable bonds is 3. The Morgan fingerprint density at radius 3 is 2.20 bits per heavy atom. The van der Waals surface area contributed by atoms with E-state index < -0.39 is 0 Å². The first-order valence-electron chi connectivity index (χ1n) is 6.60. The summed E-state index contributed by atoms with van der Waals surface area (Å²) in [5.74, 6) is 0. The molecule has 2 heteroatoms. The Morgan fingerprint density at radius 1 is 0.750 bits per heavy atom. The smallest absolute Gasteiger partial charge is 0.173 e. The van der Waals surface area contributed by atoms with Gasteiger partial charge < -0.3 is 0 Å². The Hall–Kier alpha value is -2.12. The highest BCUT2D eigenvalue weighted by Gasteiger charge is 2.04. The summed E-state index contributed by atoms with van der Waals surface area (Å²) in [4.78, 5) is 0. The number of benzene rings is 2. The van der Waals surface area contributed by atoms with Crippen LogP contribution in [0.1, 0.15) is 5.56 Å². The van der Waals surface area contributed by atoms with Crippen molar-refractivity contribution in [2.75, 3.05) is 0 Å². The monoisotopic (exact) mass is 280 g/mol. The van der Waals surface area contributed by atoms with Crippen LogP contribution in [-0.4, -0.2) is 0 Å². The van der Waals surface area contributed by atoms with Crippen molar-refractivity contribution in [3.63, 3.8) is 0 Å². The van der Waals surface area contributed by atoms with Crippen molar-refractivity contribution in [3.05, 3.63) is 89.7 Å². The van der Waals surface area contributed by atoms with Gasteiger partial charge in [0.15, 0.2) is 18.9 Å². The van der Waals surface area contributed by atoms with E-state index in [9.17, 15) is 0 Å². The third-order valence-electron chi connectivity index (χ3n) is 3.26. The molecule has 0 unspecified atom stereocenters. The van der Waals surface area contributed by atoms with Gasteiger partial charge in [0, 0.05) is 22.7 Å². The molecule has 20 heavy (non-hydrogen) atoms. The average molecular weight is 281 g/mol. The second kappa shape index (κ2) is 5.89. The minimum Gasteiger partial charge on any atom is -0.201 e. The van der Waals surface area contributed by atoms with Crippen LogP contribution in [0.5, 0.6) is 0 Å².